The second kappa shape index (κ2) is 4.38. The lowest BCUT2D eigenvalue weighted by atomic mass is 9.58. The highest BCUT2D eigenvalue weighted by atomic mass is 16.4. The summed E-state index contributed by atoms with van der Waals surface area (Å²) < 4.78 is 0. The van der Waals surface area contributed by atoms with Gasteiger partial charge in [0, 0.05) is 0 Å². The molecule has 2 nitrogen and oxygen atoms in total. The molecule has 0 bridgehead atoms. The third-order valence-electron chi connectivity index (χ3n) is 3.88. The number of aliphatic carboxylic acids is 1. The molecule has 0 amide bonds. The molecule has 1 radical (unpaired) electrons. The largest absolute Gasteiger partial charge is 0.481 e. The molecule has 1 N–H and O–H groups in total. The van der Waals surface area contributed by atoms with Crippen LogP contribution in [0.25, 0.3) is 0 Å². The van der Waals surface area contributed by atoms with Gasteiger partial charge in [0.25, 0.3) is 0 Å². The van der Waals surface area contributed by atoms with Gasteiger partial charge >= 0.3 is 5.97 Å². The van der Waals surface area contributed by atoms with Crippen LogP contribution in [-0.4, -0.2) is 11.1 Å². The fourth-order valence-corrected chi connectivity index (χ4v) is 2.61. The van der Waals surface area contributed by atoms with Crippen LogP contribution in [0.5, 0.6) is 0 Å². The second-order valence-corrected chi connectivity index (χ2v) is 5.09. The van der Waals surface area contributed by atoms with Crippen molar-refractivity contribution >= 4 is 5.97 Å². The molecule has 1 unspecified atom stereocenters. The van der Waals surface area contributed by atoms with E-state index < -0.39 is 11.4 Å². The van der Waals surface area contributed by atoms with Gasteiger partial charge in [0.2, 0.25) is 0 Å². The van der Waals surface area contributed by atoms with E-state index in [1.165, 1.54) is 0 Å². The third kappa shape index (κ3) is 2.09. The molecule has 0 spiro atoms. The maximum atomic E-state index is 11.5. The summed E-state index contributed by atoms with van der Waals surface area (Å²) in [7, 11) is 0. The smallest absolute Gasteiger partial charge is 0.310 e. The molecule has 0 heterocycles. The summed E-state index contributed by atoms with van der Waals surface area (Å²) in [5.41, 5.74) is -0.759. The van der Waals surface area contributed by atoms with Crippen molar-refractivity contribution < 1.29 is 9.90 Å². The molecule has 0 aromatic carbocycles. The molecule has 0 fully saturated rings. The van der Waals surface area contributed by atoms with Crippen LogP contribution >= 0.6 is 0 Å². The third-order valence-corrected chi connectivity index (χ3v) is 3.88. The van der Waals surface area contributed by atoms with Crippen molar-refractivity contribution in [3.05, 3.63) is 19.1 Å². The summed E-state index contributed by atoms with van der Waals surface area (Å²) in [5.74, 6) is -0.648. The minimum Gasteiger partial charge on any atom is -0.481 e. The van der Waals surface area contributed by atoms with Gasteiger partial charge in [-0.3, -0.25) is 4.79 Å². The molecular weight excluding hydrogens is 188 g/mol. The van der Waals surface area contributed by atoms with Gasteiger partial charge in [0.05, 0.1) is 5.41 Å². The van der Waals surface area contributed by atoms with Crippen molar-refractivity contribution in [2.75, 3.05) is 0 Å². The van der Waals surface area contributed by atoms with Crippen molar-refractivity contribution in [1.29, 1.82) is 0 Å². The lowest BCUT2D eigenvalue weighted by Crippen LogP contribution is -2.45. The molecule has 1 atom stereocenters. The Morgan fingerprint density at radius 2 is 2.20 bits per heavy atom. The first-order valence-electron chi connectivity index (χ1n) is 5.64. The van der Waals surface area contributed by atoms with Gasteiger partial charge in [0.1, 0.15) is 0 Å². The van der Waals surface area contributed by atoms with Crippen LogP contribution in [0, 0.1) is 17.8 Å². The molecule has 0 aromatic rings. The molecule has 1 aliphatic rings. The molecule has 0 aliphatic heterocycles. The topological polar surface area (TPSA) is 37.3 Å². The van der Waals surface area contributed by atoms with Crippen molar-refractivity contribution in [2.24, 2.45) is 10.8 Å². The predicted molar refractivity (Wildman–Crippen MR) is 61.4 cm³/mol. The van der Waals surface area contributed by atoms with Gasteiger partial charge in [-0.05, 0) is 31.1 Å². The first-order chi connectivity index (χ1) is 6.96. The van der Waals surface area contributed by atoms with Crippen LogP contribution in [0.3, 0.4) is 0 Å². The van der Waals surface area contributed by atoms with Gasteiger partial charge < -0.3 is 5.11 Å². The Hall–Kier alpha value is -0.790. The lowest BCUT2D eigenvalue weighted by Gasteiger charge is -2.44. The van der Waals surface area contributed by atoms with E-state index in [0.29, 0.717) is 6.42 Å². The molecule has 85 valence electrons. The molecular formula is C13H21O2. The summed E-state index contributed by atoms with van der Waals surface area (Å²) in [6.07, 6.45) is 8.07. The van der Waals surface area contributed by atoms with Crippen LogP contribution in [0.15, 0.2) is 12.2 Å². The van der Waals surface area contributed by atoms with E-state index in [1.807, 2.05) is 6.08 Å². The summed E-state index contributed by atoms with van der Waals surface area (Å²) in [4.78, 5) is 11.5. The van der Waals surface area contributed by atoms with E-state index in [0.717, 1.165) is 25.7 Å². The highest BCUT2D eigenvalue weighted by Crippen LogP contribution is 2.50. The zero-order chi connectivity index (χ0) is 11.5. The molecule has 1 aliphatic carbocycles. The maximum Gasteiger partial charge on any atom is 0.310 e. The van der Waals surface area contributed by atoms with Crippen molar-refractivity contribution in [3.63, 3.8) is 0 Å². The average molecular weight is 209 g/mol. The van der Waals surface area contributed by atoms with Gasteiger partial charge in [-0.25, -0.2) is 0 Å². The Kier molecular flexibility index (Phi) is 3.58. The standard InChI is InChI=1S/C13H21O2/c1-4-8-12(2,3)13(11(14)15)9-6-5-7-10-13/h5-6H,1,4,7-10H2,2-3H3,(H,14,15). The lowest BCUT2D eigenvalue weighted by molar-refractivity contribution is -0.158. The minimum absolute atomic E-state index is 0.175. The van der Waals surface area contributed by atoms with Crippen LogP contribution < -0.4 is 0 Å². The summed E-state index contributed by atoms with van der Waals surface area (Å²) >= 11 is 0. The fourth-order valence-electron chi connectivity index (χ4n) is 2.61. The molecule has 1 rings (SSSR count). The number of carboxylic acid groups (broad SMARTS) is 1. The number of allylic oxidation sites excluding steroid dienone is 2. The summed E-state index contributed by atoms with van der Waals surface area (Å²) in [6.45, 7) is 7.97. The van der Waals surface area contributed by atoms with Gasteiger partial charge in [-0.15, -0.1) is 0 Å². The Labute approximate surface area is 92.4 Å². The molecule has 2 heteroatoms. The predicted octanol–water partition coefficient (Wildman–Crippen LogP) is 3.44. The molecule has 0 aromatic heterocycles. The van der Waals surface area contributed by atoms with E-state index in [4.69, 9.17) is 0 Å². The molecule has 0 saturated heterocycles. The minimum atomic E-state index is -0.648. The van der Waals surface area contributed by atoms with Crippen LogP contribution in [0.1, 0.15) is 46.0 Å². The van der Waals surface area contributed by atoms with E-state index >= 15 is 0 Å². The number of rotatable bonds is 4. The Balaban J connectivity index is 3.00. The van der Waals surface area contributed by atoms with Gasteiger partial charge in [-0.2, -0.15) is 0 Å². The van der Waals surface area contributed by atoms with Crippen LogP contribution in [0.2, 0.25) is 0 Å². The number of carboxylic acids is 1. The maximum absolute atomic E-state index is 11.5. The van der Waals surface area contributed by atoms with Crippen molar-refractivity contribution in [3.8, 4) is 0 Å². The average Bonchev–Trinajstić information content (AvgIpc) is 2.18. The van der Waals surface area contributed by atoms with Gasteiger partial charge in [-0.1, -0.05) is 39.3 Å². The normalized spacial score (nSPS) is 26.6. The molecule has 0 saturated carbocycles. The van der Waals surface area contributed by atoms with E-state index in [1.54, 1.807) is 0 Å². The summed E-state index contributed by atoms with van der Waals surface area (Å²) in [5, 5.41) is 9.50. The van der Waals surface area contributed by atoms with Crippen molar-refractivity contribution in [1.82, 2.24) is 0 Å². The highest BCUT2D eigenvalue weighted by molar-refractivity contribution is 5.76. The van der Waals surface area contributed by atoms with E-state index in [9.17, 15) is 9.90 Å². The van der Waals surface area contributed by atoms with Crippen molar-refractivity contribution in [2.45, 2.75) is 46.0 Å². The highest BCUT2D eigenvalue weighted by Gasteiger charge is 2.49. The van der Waals surface area contributed by atoms with Gasteiger partial charge in [0.15, 0.2) is 0 Å². The zero-order valence-electron chi connectivity index (χ0n) is 9.75. The number of hydrogen-bond donors (Lipinski definition) is 1. The summed E-state index contributed by atoms with van der Waals surface area (Å²) in [6, 6.07) is 0. The number of carbonyl (C=O) groups is 1. The first kappa shape index (κ1) is 12.3. The van der Waals surface area contributed by atoms with E-state index in [2.05, 4.69) is 26.8 Å². The Morgan fingerprint density at radius 3 is 2.60 bits per heavy atom. The second-order valence-electron chi connectivity index (χ2n) is 5.09. The van der Waals surface area contributed by atoms with E-state index in [-0.39, 0.29) is 5.41 Å². The monoisotopic (exact) mass is 209 g/mol. The quantitative estimate of drug-likeness (QED) is 0.720. The Morgan fingerprint density at radius 1 is 1.53 bits per heavy atom. The first-order valence-corrected chi connectivity index (χ1v) is 5.64. The SMILES string of the molecule is [CH2]CCC(C)(C)C1(C(=O)O)CC=CCC1. The number of hydrogen-bond acceptors (Lipinski definition) is 1. The molecule has 15 heavy (non-hydrogen) atoms. The van der Waals surface area contributed by atoms with Crippen LogP contribution in [0.4, 0.5) is 0 Å². The van der Waals surface area contributed by atoms with Crippen LogP contribution in [-0.2, 0) is 4.79 Å². The fraction of sp³-hybridized carbons (Fsp3) is 0.692. The Bertz CT molecular complexity index is 266. The zero-order valence-corrected chi connectivity index (χ0v) is 9.75.